The topological polar surface area (TPSA) is 90.4 Å². The van der Waals surface area contributed by atoms with Gasteiger partial charge in [0.05, 0.1) is 37.1 Å². The molecule has 264 valence electrons. The zero-order valence-corrected chi connectivity index (χ0v) is 30.3. The van der Waals surface area contributed by atoms with E-state index in [-0.39, 0.29) is 43.8 Å². The summed E-state index contributed by atoms with van der Waals surface area (Å²) in [6.45, 7) is 5.58. The lowest BCUT2D eigenvalue weighted by atomic mass is 9.82. The SMILES string of the molecule is C[C@@H]1[C@@H]([Si](C)(C)F)[C@H](CC(=O)N(CCO)Cc2ccccc2)O[C@@]12C(=O)N(Cc1cccc(N3C(=O)CCc4ccccc43)c1)c1ccccc12. The number of benzene rings is 4. The van der Waals surface area contributed by atoms with Crippen molar-refractivity contribution in [3.05, 3.63) is 125 Å². The Hall–Kier alpha value is -4.64. The fourth-order valence-corrected chi connectivity index (χ4v) is 11.1. The van der Waals surface area contributed by atoms with Crippen LogP contribution in [0, 0.1) is 5.92 Å². The zero-order chi connectivity index (χ0) is 35.9. The molecule has 4 aromatic rings. The van der Waals surface area contributed by atoms with E-state index < -0.39 is 31.6 Å². The molecule has 1 saturated heterocycles. The average molecular weight is 706 g/mol. The molecule has 0 aromatic heterocycles. The molecular formula is C41H44FN3O5Si. The van der Waals surface area contributed by atoms with Crippen LogP contribution >= 0.6 is 0 Å². The minimum Gasteiger partial charge on any atom is -0.395 e. The minimum atomic E-state index is -3.50. The molecule has 0 bridgehead atoms. The molecule has 1 spiro atoms. The van der Waals surface area contributed by atoms with Gasteiger partial charge in [-0.25, -0.2) is 0 Å². The lowest BCUT2D eigenvalue weighted by Crippen LogP contribution is -2.45. The van der Waals surface area contributed by atoms with Gasteiger partial charge in [-0.15, -0.1) is 0 Å². The number of aliphatic hydroxyl groups excluding tert-OH is 1. The van der Waals surface area contributed by atoms with Crippen LogP contribution in [0.1, 0.15) is 42.0 Å². The van der Waals surface area contributed by atoms with Gasteiger partial charge in [-0.3, -0.25) is 19.3 Å². The number of anilines is 3. The summed E-state index contributed by atoms with van der Waals surface area (Å²) in [5.41, 5.74) is 3.72. The van der Waals surface area contributed by atoms with Crippen molar-refractivity contribution < 1.29 is 28.3 Å². The molecule has 1 N–H and O–H groups in total. The number of fused-ring (bicyclic) bond motifs is 3. The number of nitrogens with zero attached hydrogens (tertiary/aromatic N) is 3. The van der Waals surface area contributed by atoms with Gasteiger partial charge in [0.15, 0.2) is 5.60 Å². The maximum atomic E-state index is 16.4. The third-order valence-corrected chi connectivity index (χ3v) is 13.2. The highest BCUT2D eigenvalue weighted by Gasteiger charge is 2.67. The zero-order valence-electron chi connectivity index (χ0n) is 29.3. The number of hydrogen-bond donors (Lipinski definition) is 1. The smallest absolute Gasteiger partial charge is 0.264 e. The van der Waals surface area contributed by atoms with Gasteiger partial charge in [0.2, 0.25) is 20.2 Å². The largest absolute Gasteiger partial charge is 0.395 e. The van der Waals surface area contributed by atoms with Crippen LogP contribution in [-0.4, -0.2) is 55.4 Å². The molecule has 51 heavy (non-hydrogen) atoms. The van der Waals surface area contributed by atoms with Crippen LogP contribution < -0.4 is 9.80 Å². The van der Waals surface area contributed by atoms with E-state index in [0.717, 1.165) is 28.1 Å². The summed E-state index contributed by atoms with van der Waals surface area (Å²) in [5.74, 6) is -1.07. The Morgan fingerprint density at radius 1 is 0.922 bits per heavy atom. The van der Waals surface area contributed by atoms with Gasteiger partial charge in [0, 0.05) is 42.2 Å². The molecule has 0 aliphatic carbocycles. The number of halogens is 1. The number of carbonyl (C=O) groups is 3. The number of amides is 3. The molecule has 3 amide bonds. The van der Waals surface area contributed by atoms with Gasteiger partial charge < -0.3 is 23.8 Å². The third-order valence-electron chi connectivity index (χ3n) is 10.8. The van der Waals surface area contributed by atoms with Crippen molar-refractivity contribution in [1.82, 2.24) is 4.90 Å². The number of carbonyl (C=O) groups excluding carboxylic acids is 3. The second-order valence-corrected chi connectivity index (χ2v) is 18.2. The molecule has 3 aliphatic rings. The van der Waals surface area contributed by atoms with Gasteiger partial charge in [-0.2, -0.15) is 0 Å². The second kappa shape index (κ2) is 13.8. The summed E-state index contributed by atoms with van der Waals surface area (Å²) >= 11 is 0. The lowest BCUT2D eigenvalue weighted by molar-refractivity contribution is -0.150. The molecule has 10 heteroatoms. The maximum Gasteiger partial charge on any atom is 0.264 e. The summed E-state index contributed by atoms with van der Waals surface area (Å²) in [5, 5.41) is 9.81. The molecule has 1 fully saturated rings. The van der Waals surface area contributed by atoms with Crippen molar-refractivity contribution in [2.24, 2.45) is 5.92 Å². The molecule has 4 aromatic carbocycles. The third kappa shape index (κ3) is 6.30. The van der Waals surface area contributed by atoms with Crippen LogP contribution in [0.3, 0.4) is 0 Å². The first kappa shape index (κ1) is 34.8. The van der Waals surface area contributed by atoms with Gasteiger partial charge in [-0.05, 0) is 60.5 Å². The number of hydrogen-bond acceptors (Lipinski definition) is 5. The van der Waals surface area contributed by atoms with Gasteiger partial charge in [0.25, 0.3) is 5.91 Å². The maximum absolute atomic E-state index is 16.4. The van der Waals surface area contributed by atoms with Crippen LogP contribution in [-0.2, 0) is 44.2 Å². The number of ether oxygens (including phenoxy) is 1. The normalized spacial score (nSPS) is 22.7. The van der Waals surface area contributed by atoms with Gasteiger partial charge in [0.1, 0.15) is 0 Å². The molecule has 3 heterocycles. The van der Waals surface area contributed by atoms with Crippen LogP contribution in [0.4, 0.5) is 21.2 Å². The Kier molecular flexibility index (Phi) is 9.43. The first-order valence-electron chi connectivity index (χ1n) is 17.7. The first-order chi connectivity index (χ1) is 24.5. The molecule has 0 unspecified atom stereocenters. The van der Waals surface area contributed by atoms with Crippen LogP contribution in [0.5, 0.6) is 0 Å². The van der Waals surface area contributed by atoms with E-state index >= 15 is 4.11 Å². The lowest BCUT2D eigenvalue weighted by Gasteiger charge is -2.31. The Morgan fingerprint density at radius 2 is 1.61 bits per heavy atom. The number of rotatable bonds is 10. The molecule has 7 rings (SSSR count). The summed E-state index contributed by atoms with van der Waals surface area (Å²) in [4.78, 5) is 47.0. The fraction of sp³-hybridized carbons (Fsp3) is 0.341. The van der Waals surface area contributed by atoms with E-state index in [0.29, 0.717) is 30.6 Å². The standard InChI is InChI=1S/C41H44FN3O5Si/c1-28-39(51(2,3)42)36(25-38(48)43(22-23-46)26-29-12-5-4-6-13-29)50-41(28)33-17-8-10-19-35(33)44(40(41)49)27-30-14-11-16-32(24-30)45-34-18-9-7-15-31(34)20-21-37(45)47/h4-19,24,28,36,39,46H,20-23,25-27H2,1-3H3/t28-,36+,39-,41+/m1/s1. The average Bonchev–Trinajstić information content (AvgIpc) is 3.54. The van der Waals surface area contributed by atoms with Gasteiger partial charge >= 0.3 is 0 Å². The van der Waals surface area contributed by atoms with Crippen molar-refractivity contribution in [3.63, 3.8) is 0 Å². The Morgan fingerprint density at radius 3 is 2.35 bits per heavy atom. The highest BCUT2D eigenvalue weighted by atomic mass is 28.4. The van der Waals surface area contributed by atoms with Crippen molar-refractivity contribution in [2.45, 2.75) is 69.6 Å². The van der Waals surface area contributed by atoms with E-state index in [1.807, 2.05) is 110 Å². The summed E-state index contributed by atoms with van der Waals surface area (Å²) in [6.07, 6.45) is 0.178. The van der Waals surface area contributed by atoms with Crippen LogP contribution in [0.2, 0.25) is 18.6 Å². The van der Waals surface area contributed by atoms with Crippen molar-refractivity contribution in [1.29, 1.82) is 0 Å². The molecule has 8 nitrogen and oxygen atoms in total. The van der Waals surface area contributed by atoms with E-state index in [1.165, 1.54) is 0 Å². The second-order valence-electron chi connectivity index (χ2n) is 14.4. The van der Waals surface area contributed by atoms with Crippen molar-refractivity contribution in [3.8, 4) is 0 Å². The highest BCUT2D eigenvalue weighted by Crippen LogP contribution is 2.60. The summed E-state index contributed by atoms with van der Waals surface area (Å²) in [7, 11) is -3.50. The van der Waals surface area contributed by atoms with E-state index in [2.05, 4.69) is 0 Å². The predicted octanol–water partition coefficient (Wildman–Crippen LogP) is 7.03. The van der Waals surface area contributed by atoms with Crippen LogP contribution in [0.15, 0.2) is 103 Å². The Labute approximate surface area is 299 Å². The summed E-state index contributed by atoms with van der Waals surface area (Å²) < 4.78 is 23.2. The van der Waals surface area contributed by atoms with E-state index in [4.69, 9.17) is 4.74 Å². The first-order valence-corrected chi connectivity index (χ1v) is 20.7. The molecule has 0 saturated carbocycles. The van der Waals surface area contributed by atoms with E-state index in [1.54, 1.807) is 27.8 Å². The Balaban J connectivity index is 1.19. The predicted molar refractivity (Wildman–Crippen MR) is 198 cm³/mol. The van der Waals surface area contributed by atoms with Crippen molar-refractivity contribution in [2.75, 3.05) is 23.0 Å². The quantitative estimate of drug-likeness (QED) is 0.141. The molecule has 3 aliphatic heterocycles. The fourth-order valence-electron chi connectivity index (χ4n) is 8.56. The summed E-state index contributed by atoms with van der Waals surface area (Å²) in [6, 6.07) is 32.6. The number of aryl methyl sites for hydroxylation is 1. The molecular weight excluding hydrogens is 662 g/mol. The Bertz CT molecular complexity index is 1950. The van der Waals surface area contributed by atoms with Gasteiger partial charge in [-0.1, -0.05) is 85.8 Å². The molecule has 0 radical (unpaired) electrons. The molecule has 4 atom stereocenters. The highest BCUT2D eigenvalue weighted by molar-refractivity contribution is 6.72. The van der Waals surface area contributed by atoms with Crippen molar-refractivity contribution >= 4 is 43.2 Å². The number of aliphatic hydroxyl groups is 1. The van der Waals surface area contributed by atoms with Crippen LogP contribution in [0.25, 0.3) is 0 Å². The monoisotopic (exact) mass is 705 g/mol. The minimum absolute atomic E-state index is 0.0199. The van der Waals surface area contributed by atoms with E-state index in [9.17, 15) is 19.5 Å². The number of para-hydroxylation sites is 2.